The zero-order chi connectivity index (χ0) is 27.7. The van der Waals surface area contributed by atoms with Crippen LogP contribution in [0.25, 0.3) is 10.2 Å². The lowest BCUT2D eigenvalue weighted by Crippen LogP contribution is -2.37. The molecular formula is C30H31N3O5S2. The summed E-state index contributed by atoms with van der Waals surface area (Å²) in [6.45, 7) is 4.33. The van der Waals surface area contributed by atoms with Gasteiger partial charge in [0.05, 0.1) is 34.4 Å². The maximum absolute atomic E-state index is 13.8. The Bertz CT molecular complexity index is 1630. The van der Waals surface area contributed by atoms with E-state index in [0.29, 0.717) is 50.0 Å². The summed E-state index contributed by atoms with van der Waals surface area (Å²) in [7, 11) is -3.70. The van der Waals surface area contributed by atoms with Crippen LogP contribution >= 0.6 is 11.3 Å². The molecule has 1 fully saturated rings. The first-order chi connectivity index (χ1) is 19.4. The fourth-order valence-corrected chi connectivity index (χ4v) is 7.67. The van der Waals surface area contributed by atoms with E-state index in [4.69, 9.17) is 14.5 Å². The number of nitrogens with zero attached hydrogens (tertiary/aromatic N) is 3. The van der Waals surface area contributed by atoms with Crippen LogP contribution in [0.15, 0.2) is 71.6 Å². The van der Waals surface area contributed by atoms with Gasteiger partial charge in [0.1, 0.15) is 5.75 Å². The molecule has 0 aliphatic carbocycles. The van der Waals surface area contributed by atoms with Gasteiger partial charge in [-0.05, 0) is 79.8 Å². The maximum Gasteiger partial charge on any atom is 0.260 e. The lowest BCUT2D eigenvalue weighted by atomic mass is 10.0. The number of amides is 1. The van der Waals surface area contributed by atoms with E-state index >= 15 is 0 Å². The minimum absolute atomic E-state index is 0.0726. The van der Waals surface area contributed by atoms with Crippen molar-refractivity contribution >= 4 is 42.6 Å². The summed E-state index contributed by atoms with van der Waals surface area (Å²) < 4.78 is 40.8. The molecule has 1 atom stereocenters. The third-order valence-corrected chi connectivity index (χ3v) is 10.3. The number of hydrogen-bond donors (Lipinski definition) is 0. The third-order valence-electron chi connectivity index (χ3n) is 7.38. The van der Waals surface area contributed by atoms with E-state index in [1.54, 1.807) is 17.0 Å². The summed E-state index contributed by atoms with van der Waals surface area (Å²) in [6.07, 6.45) is 2.44. The van der Waals surface area contributed by atoms with Crippen LogP contribution in [0.3, 0.4) is 0 Å². The molecule has 1 aromatic heterocycles. The summed E-state index contributed by atoms with van der Waals surface area (Å²) in [4.78, 5) is 20.4. The van der Waals surface area contributed by atoms with Crippen molar-refractivity contribution in [3.63, 3.8) is 0 Å². The third kappa shape index (κ3) is 5.36. The van der Waals surface area contributed by atoms with Gasteiger partial charge in [-0.25, -0.2) is 13.4 Å². The molecule has 0 N–H and O–H groups in total. The summed E-state index contributed by atoms with van der Waals surface area (Å²) in [6, 6.07) is 19.9. The Balaban J connectivity index is 1.26. The quantitative estimate of drug-likeness (QED) is 0.284. The molecule has 208 valence electrons. The van der Waals surface area contributed by atoms with Gasteiger partial charge >= 0.3 is 0 Å². The van der Waals surface area contributed by atoms with Crippen LogP contribution in [-0.4, -0.2) is 56.0 Å². The van der Waals surface area contributed by atoms with E-state index in [0.717, 1.165) is 34.4 Å². The van der Waals surface area contributed by atoms with Crippen LogP contribution in [0.1, 0.15) is 41.3 Å². The smallest absolute Gasteiger partial charge is 0.260 e. The van der Waals surface area contributed by atoms with Gasteiger partial charge in [-0.2, -0.15) is 4.31 Å². The molecule has 1 unspecified atom stereocenters. The number of benzene rings is 3. The van der Waals surface area contributed by atoms with Crippen molar-refractivity contribution in [1.82, 2.24) is 9.29 Å². The maximum atomic E-state index is 13.8. The Labute approximate surface area is 238 Å². The molecule has 0 radical (unpaired) electrons. The molecule has 1 amide bonds. The van der Waals surface area contributed by atoms with E-state index in [-0.39, 0.29) is 16.9 Å². The molecule has 2 aliphatic rings. The number of carbonyl (C=O) groups excluding carboxylic acids is 1. The molecule has 4 aromatic rings. The second-order valence-electron chi connectivity index (χ2n) is 9.99. The number of thiazole rings is 1. The minimum atomic E-state index is -3.70. The summed E-state index contributed by atoms with van der Waals surface area (Å²) >= 11 is 1.43. The van der Waals surface area contributed by atoms with Crippen molar-refractivity contribution in [2.75, 3.05) is 31.2 Å². The number of hydrogen-bond acceptors (Lipinski definition) is 7. The van der Waals surface area contributed by atoms with E-state index in [9.17, 15) is 13.2 Å². The van der Waals surface area contributed by atoms with Gasteiger partial charge < -0.3 is 9.47 Å². The Kier molecular flexibility index (Phi) is 7.59. The molecule has 3 aromatic carbocycles. The summed E-state index contributed by atoms with van der Waals surface area (Å²) in [5.41, 5.74) is 3.40. The van der Waals surface area contributed by atoms with E-state index in [1.807, 2.05) is 49.4 Å². The molecule has 0 bridgehead atoms. The number of ether oxygens (including phenoxy) is 2. The number of anilines is 1. The van der Waals surface area contributed by atoms with Crippen molar-refractivity contribution in [3.8, 4) is 5.75 Å². The van der Waals surface area contributed by atoms with Gasteiger partial charge in [0, 0.05) is 25.3 Å². The average molecular weight is 578 g/mol. The highest BCUT2D eigenvalue weighted by Crippen LogP contribution is 2.33. The first-order valence-corrected chi connectivity index (χ1v) is 15.8. The van der Waals surface area contributed by atoms with Crippen molar-refractivity contribution in [2.45, 2.75) is 43.7 Å². The molecule has 3 heterocycles. The predicted octanol–water partition coefficient (Wildman–Crippen LogP) is 5.27. The normalized spacial score (nSPS) is 17.6. The molecule has 2 aliphatic heterocycles. The molecule has 8 nitrogen and oxygen atoms in total. The Hall–Kier alpha value is -3.31. The highest BCUT2D eigenvalue weighted by Gasteiger charge is 2.30. The molecule has 40 heavy (non-hydrogen) atoms. The fraction of sp³-hybridized carbons (Fsp3) is 0.333. The SMILES string of the molecule is CCOc1ccc2nc(N(CC3CCCO3)C(=O)c3ccc(S(=O)(=O)N4CCc5ccccc5C4)cc3)sc2c1. The molecule has 0 saturated carbocycles. The second kappa shape index (κ2) is 11.3. The van der Waals surface area contributed by atoms with Gasteiger partial charge in [0.15, 0.2) is 5.13 Å². The van der Waals surface area contributed by atoms with Crippen molar-refractivity contribution in [3.05, 3.63) is 83.4 Å². The number of aromatic nitrogens is 1. The van der Waals surface area contributed by atoms with E-state index in [2.05, 4.69) is 0 Å². The fourth-order valence-electron chi connectivity index (χ4n) is 5.25. The van der Waals surface area contributed by atoms with E-state index < -0.39 is 10.0 Å². The monoisotopic (exact) mass is 577 g/mol. The van der Waals surface area contributed by atoms with Gasteiger partial charge in [-0.15, -0.1) is 0 Å². The zero-order valence-electron chi connectivity index (χ0n) is 22.3. The number of fused-ring (bicyclic) bond motifs is 2. The van der Waals surface area contributed by atoms with Crippen molar-refractivity contribution in [2.24, 2.45) is 0 Å². The van der Waals surface area contributed by atoms with Crippen LogP contribution in [0, 0.1) is 0 Å². The number of rotatable bonds is 8. The van der Waals surface area contributed by atoms with Gasteiger partial charge in [0.25, 0.3) is 5.91 Å². The molecule has 1 saturated heterocycles. The largest absolute Gasteiger partial charge is 0.494 e. The van der Waals surface area contributed by atoms with Crippen molar-refractivity contribution in [1.29, 1.82) is 0 Å². The van der Waals surface area contributed by atoms with Crippen molar-refractivity contribution < 1.29 is 22.7 Å². The Morgan fingerprint density at radius 1 is 1.12 bits per heavy atom. The van der Waals surface area contributed by atoms with Gasteiger partial charge in [-0.1, -0.05) is 35.6 Å². The topological polar surface area (TPSA) is 89.0 Å². The van der Waals surface area contributed by atoms with Crippen LogP contribution < -0.4 is 9.64 Å². The highest BCUT2D eigenvalue weighted by molar-refractivity contribution is 7.89. The molecular weight excluding hydrogens is 546 g/mol. The van der Waals surface area contributed by atoms with Crippen LogP contribution in [0.4, 0.5) is 5.13 Å². The first-order valence-electron chi connectivity index (χ1n) is 13.6. The lowest BCUT2D eigenvalue weighted by Gasteiger charge is -2.28. The summed E-state index contributed by atoms with van der Waals surface area (Å²) in [5, 5.41) is 0.577. The Morgan fingerprint density at radius 3 is 2.67 bits per heavy atom. The average Bonchev–Trinajstić information content (AvgIpc) is 3.65. The van der Waals surface area contributed by atoms with Crippen LogP contribution in [0.5, 0.6) is 5.75 Å². The Morgan fingerprint density at radius 2 is 1.93 bits per heavy atom. The predicted molar refractivity (Wildman–Crippen MR) is 156 cm³/mol. The van der Waals surface area contributed by atoms with E-state index in [1.165, 1.54) is 33.3 Å². The number of carbonyl (C=O) groups is 1. The highest BCUT2D eigenvalue weighted by atomic mass is 32.2. The van der Waals surface area contributed by atoms with Crippen LogP contribution in [-0.2, 0) is 27.7 Å². The molecule has 10 heteroatoms. The van der Waals surface area contributed by atoms with Gasteiger partial charge in [0.2, 0.25) is 10.0 Å². The van der Waals surface area contributed by atoms with Crippen LogP contribution in [0.2, 0.25) is 0 Å². The first kappa shape index (κ1) is 26.9. The number of sulfonamides is 1. The molecule has 0 spiro atoms. The zero-order valence-corrected chi connectivity index (χ0v) is 23.9. The lowest BCUT2D eigenvalue weighted by molar-refractivity contribution is 0.0917. The standard InChI is InChI=1S/C30H31N3O5S2/c1-2-37-24-11-14-27-28(18-24)39-30(31-27)33(20-25-8-5-17-38-25)29(34)22-9-12-26(13-10-22)40(35,36)32-16-15-21-6-3-4-7-23(21)19-32/h3-4,6-7,9-14,18,25H,2,5,8,15-17,19-20H2,1H3. The van der Waals surface area contributed by atoms with Gasteiger partial charge in [-0.3, -0.25) is 9.69 Å². The summed E-state index contributed by atoms with van der Waals surface area (Å²) in [5.74, 6) is 0.520. The second-order valence-corrected chi connectivity index (χ2v) is 12.9. The minimum Gasteiger partial charge on any atom is -0.494 e. The molecule has 6 rings (SSSR count).